The molecule has 1 aliphatic rings. The molecule has 10 aromatic rings. The molecule has 1 aliphatic carbocycles. The van der Waals surface area contributed by atoms with Crippen molar-refractivity contribution < 1.29 is 0 Å². The summed E-state index contributed by atoms with van der Waals surface area (Å²) in [6.45, 7) is 0. The first-order valence-electron chi connectivity index (χ1n) is 20.6. The molecule has 2 nitrogen and oxygen atoms in total. The number of hydrogen-bond acceptors (Lipinski definition) is 0. The molecule has 57 heavy (non-hydrogen) atoms. The van der Waals surface area contributed by atoms with E-state index >= 15 is 0 Å². The van der Waals surface area contributed by atoms with Gasteiger partial charge in [-0.2, -0.15) is 0 Å². The summed E-state index contributed by atoms with van der Waals surface area (Å²) in [5, 5.41) is 10.7. The molecule has 0 atom stereocenters. The van der Waals surface area contributed by atoms with Gasteiger partial charge in [0.05, 0.1) is 27.8 Å². The fraction of sp³-hybridized carbons (Fsp3) is 0.111. The number of para-hydroxylation sites is 3. The van der Waals surface area contributed by atoms with Gasteiger partial charge < -0.3 is 9.13 Å². The van der Waals surface area contributed by atoms with Crippen LogP contribution in [0.1, 0.15) is 43.6 Å². The van der Waals surface area contributed by atoms with Crippen LogP contribution in [0, 0.1) is 0 Å². The van der Waals surface area contributed by atoms with Crippen molar-refractivity contribution in [2.45, 2.75) is 38.0 Å². The lowest BCUT2D eigenvalue weighted by Gasteiger charge is -2.34. The fourth-order valence-corrected chi connectivity index (χ4v) is 15.2. The van der Waals surface area contributed by atoms with Gasteiger partial charge in [0, 0.05) is 27.2 Å². The Morgan fingerprint density at radius 1 is 0.386 bits per heavy atom. The van der Waals surface area contributed by atoms with Crippen LogP contribution in [-0.2, 0) is 0 Å². The Bertz CT molecular complexity index is 2950. The number of rotatable bonds is 7. The molecule has 11 rings (SSSR count). The molecule has 0 amide bonds. The Morgan fingerprint density at radius 3 is 1.56 bits per heavy atom. The minimum Gasteiger partial charge on any atom is -0.309 e. The van der Waals surface area contributed by atoms with Gasteiger partial charge in [-0.3, -0.25) is 0 Å². The Hall–Kier alpha value is -6.42. The maximum Gasteiger partial charge on any atom is 0.179 e. The zero-order valence-corrected chi connectivity index (χ0v) is 33.1. The molecule has 0 aliphatic heterocycles. The van der Waals surface area contributed by atoms with Gasteiger partial charge in [-0.1, -0.05) is 183 Å². The van der Waals surface area contributed by atoms with Crippen molar-refractivity contribution in [1.29, 1.82) is 0 Å². The first kappa shape index (κ1) is 33.9. The topological polar surface area (TPSA) is 9.86 Å². The van der Waals surface area contributed by atoms with Crippen LogP contribution in [0.3, 0.4) is 0 Å². The van der Waals surface area contributed by atoms with E-state index in [1.165, 1.54) is 113 Å². The first-order valence-corrected chi connectivity index (χ1v) is 22.6. The Kier molecular flexibility index (Phi) is 8.29. The molecule has 0 radical (unpaired) electrons. The molecule has 2 aromatic heterocycles. The van der Waals surface area contributed by atoms with Crippen LogP contribution in [-0.4, -0.2) is 17.2 Å². The number of aromatic nitrogens is 2. The Balaban J connectivity index is 1.20. The molecule has 0 bridgehead atoms. The highest BCUT2D eigenvalue weighted by molar-refractivity contribution is 7.19. The monoisotopic (exact) mass is 748 g/mol. The van der Waals surface area contributed by atoms with Crippen LogP contribution in [0.5, 0.6) is 0 Å². The predicted octanol–water partition coefficient (Wildman–Crippen LogP) is 11.3. The van der Waals surface area contributed by atoms with Crippen molar-refractivity contribution in [3.8, 4) is 11.4 Å². The molecular formula is C54H44N2Si. The molecule has 0 unspecified atom stereocenters. The predicted molar refractivity (Wildman–Crippen MR) is 245 cm³/mol. The highest BCUT2D eigenvalue weighted by Crippen LogP contribution is 2.43. The highest BCUT2D eigenvalue weighted by atomic mass is 28.3. The Labute approximate surface area is 335 Å². The summed E-state index contributed by atoms with van der Waals surface area (Å²) in [7, 11) is -2.73. The third kappa shape index (κ3) is 5.30. The molecule has 274 valence electrons. The van der Waals surface area contributed by atoms with Crippen molar-refractivity contribution in [2.75, 3.05) is 0 Å². The summed E-state index contributed by atoms with van der Waals surface area (Å²) in [5.74, 6) is 0.581. The van der Waals surface area contributed by atoms with E-state index in [1.54, 1.807) is 0 Å². The van der Waals surface area contributed by atoms with E-state index in [9.17, 15) is 0 Å². The smallest absolute Gasteiger partial charge is 0.179 e. The van der Waals surface area contributed by atoms with Gasteiger partial charge in [0.25, 0.3) is 0 Å². The standard InChI is InChI=1S/C54H44N2Si/c1-5-20-39(21-6-1)45-32-18-33-47-46-30-13-15-34-49(46)56(54(45)47)52-37-19-36-51-53(52)48-31-14-16-35-50(48)55(51)40-22-17-29-44(38-40)57(41-23-7-2-8-24-41,42-25-9-3-10-26-42)43-27-11-4-12-28-43/h2-4,7-19,22-39H,1,5-6,20-21H2. The summed E-state index contributed by atoms with van der Waals surface area (Å²) in [6, 6.07) is 75.3. The Morgan fingerprint density at radius 2 is 0.895 bits per heavy atom. The van der Waals surface area contributed by atoms with Gasteiger partial charge in [-0.05, 0) is 81.5 Å². The van der Waals surface area contributed by atoms with Crippen LogP contribution < -0.4 is 20.7 Å². The molecule has 3 heteroatoms. The van der Waals surface area contributed by atoms with Crippen LogP contribution in [0.15, 0.2) is 200 Å². The lowest BCUT2D eigenvalue weighted by atomic mass is 9.83. The lowest BCUT2D eigenvalue weighted by Crippen LogP contribution is -2.74. The summed E-state index contributed by atoms with van der Waals surface area (Å²) in [4.78, 5) is 0. The van der Waals surface area contributed by atoms with Gasteiger partial charge >= 0.3 is 0 Å². The minimum absolute atomic E-state index is 0.581. The zero-order chi connectivity index (χ0) is 37.8. The van der Waals surface area contributed by atoms with Crippen molar-refractivity contribution in [3.05, 3.63) is 206 Å². The number of hydrogen-bond donors (Lipinski definition) is 0. The van der Waals surface area contributed by atoms with E-state index in [0.29, 0.717) is 5.92 Å². The van der Waals surface area contributed by atoms with Crippen LogP contribution >= 0.6 is 0 Å². The summed E-state index contributed by atoms with van der Waals surface area (Å²) < 4.78 is 5.13. The van der Waals surface area contributed by atoms with Gasteiger partial charge in [0.2, 0.25) is 0 Å². The molecule has 0 N–H and O–H groups in total. The summed E-state index contributed by atoms with van der Waals surface area (Å²) in [6.07, 6.45) is 6.50. The normalized spacial score (nSPS) is 13.9. The fourth-order valence-electron chi connectivity index (χ4n) is 10.4. The third-order valence-corrected chi connectivity index (χ3v) is 17.6. The molecule has 1 fully saturated rings. The van der Waals surface area contributed by atoms with Crippen LogP contribution in [0.2, 0.25) is 0 Å². The van der Waals surface area contributed by atoms with Crippen molar-refractivity contribution >= 4 is 72.4 Å². The third-order valence-electron chi connectivity index (χ3n) is 12.8. The van der Waals surface area contributed by atoms with E-state index in [1.807, 2.05) is 0 Å². The second-order valence-electron chi connectivity index (χ2n) is 15.9. The zero-order valence-electron chi connectivity index (χ0n) is 32.1. The SMILES string of the molecule is c1ccc([Si](c2ccccc2)(c2ccccc2)c2cccc(-n3c4ccccc4c4c(-n5c6ccccc6c6cccc(C7CCCCC7)c65)cccc43)c2)cc1. The average Bonchev–Trinajstić information content (AvgIpc) is 3.82. The number of benzene rings is 8. The average molecular weight is 749 g/mol. The van der Waals surface area contributed by atoms with Gasteiger partial charge in [0.15, 0.2) is 8.07 Å². The van der Waals surface area contributed by atoms with Crippen molar-refractivity contribution in [1.82, 2.24) is 9.13 Å². The van der Waals surface area contributed by atoms with E-state index in [2.05, 4.69) is 209 Å². The van der Waals surface area contributed by atoms with E-state index < -0.39 is 8.07 Å². The van der Waals surface area contributed by atoms with Gasteiger partial charge in [-0.15, -0.1) is 0 Å². The van der Waals surface area contributed by atoms with E-state index in [4.69, 9.17) is 0 Å². The maximum absolute atomic E-state index is 2.73. The largest absolute Gasteiger partial charge is 0.309 e. The van der Waals surface area contributed by atoms with Crippen molar-refractivity contribution in [3.63, 3.8) is 0 Å². The number of nitrogens with zero attached hydrogens (tertiary/aromatic N) is 2. The molecule has 0 spiro atoms. The molecule has 1 saturated carbocycles. The second-order valence-corrected chi connectivity index (χ2v) is 19.7. The lowest BCUT2D eigenvalue weighted by molar-refractivity contribution is 0.445. The second kappa shape index (κ2) is 13.9. The number of fused-ring (bicyclic) bond motifs is 6. The molecule has 8 aromatic carbocycles. The van der Waals surface area contributed by atoms with Crippen molar-refractivity contribution in [2.24, 2.45) is 0 Å². The summed E-state index contributed by atoms with van der Waals surface area (Å²) >= 11 is 0. The molecule has 0 saturated heterocycles. The quantitative estimate of drug-likeness (QED) is 0.113. The van der Waals surface area contributed by atoms with Gasteiger partial charge in [0.1, 0.15) is 0 Å². The summed E-state index contributed by atoms with van der Waals surface area (Å²) in [5.41, 5.74) is 9.01. The molecule has 2 heterocycles. The minimum atomic E-state index is -2.73. The molecular weight excluding hydrogens is 705 g/mol. The van der Waals surface area contributed by atoms with Crippen LogP contribution in [0.25, 0.3) is 55.0 Å². The first-order chi connectivity index (χ1) is 28.3. The van der Waals surface area contributed by atoms with E-state index in [0.717, 1.165) is 0 Å². The van der Waals surface area contributed by atoms with Crippen LogP contribution in [0.4, 0.5) is 0 Å². The maximum atomic E-state index is 2.61. The van der Waals surface area contributed by atoms with Gasteiger partial charge in [-0.25, -0.2) is 0 Å². The highest BCUT2D eigenvalue weighted by Gasteiger charge is 2.41. The van der Waals surface area contributed by atoms with E-state index in [-0.39, 0.29) is 0 Å².